The van der Waals surface area contributed by atoms with E-state index in [1.165, 1.54) is 6.07 Å². The quantitative estimate of drug-likeness (QED) is 0.507. The number of hydrogen-bond donors (Lipinski definition) is 1. The number of aryl methyl sites for hydroxylation is 2. The van der Waals surface area contributed by atoms with Gasteiger partial charge in [0, 0.05) is 22.3 Å². The number of furan rings is 1. The van der Waals surface area contributed by atoms with Crippen LogP contribution in [0.15, 0.2) is 46.9 Å². The number of rotatable bonds is 4. The molecule has 1 aromatic heterocycles. The van der Waals surface area contributed by atoms with Gasteiger partial charge in [-0.1, -0.05) is 36.4 Å². The molecule has 156 valence electrons. The third kappa shape index (κ3) is 3.44. The third-order valence-corrected chi connectivity index (χ3v) is 5.33. The molecule has 0 bridgehead atoms. The molecule has 7 heteroatoms. The Balaban J connectivity index is 1.53. The van der Waals surface area contributed by atoms with E-state index in [9.17, 15) is 19.2 Å². The smallest absolute Gasteiger partial charge is 0.342 e. The van der Waals surface area contributed by atoms with Crippen molar-refractivity contribution in [3.05, 3.63) is 87.4 Å². The summed E-state index contributed by atoms with van der Waals surface area (Å²) in [7, 11) is 0. The van der Waals surface area contributed by atoms with E-state index in [1.807, 2.05) is 0 Å². The zero-order valence-corrected chi connectivity index (χ0v) is 17.2. The highest BCUT2D eigenvalue weighted by molar-refractivity contribution is 6.30. The number of ether oxygens (including phenoxy) is 1. The lowest BCUT2D eigenvalue weighted by molar-refractivity contribution is -0.119. The molecule has 0 radical (unpaired) electrons. The number of fused-ring (bicyclic) bond motifs is 2. The topological polar surface area (TPSA) is 103 Å². The number of amides is 1. The number of esters is 1. The highest BCUT2D eigenvalue weighted by Gasteiger charge is 2.31. The fraction of sp³-hybridized carbons (Fsp3) is 0.167. The lowest BCUT2D eigenvalue weighted by atomic mass is 9.83. The van der Waals surface area contributed by atoms with Gasteiger partial charge < -0.3 is 14.5 Å². The molecule has 1 aliphatic carbocycles. The summed E-state index contributed by atoms with van der Waals surface area (Å²) < 4.78 is 10.5. The molecular formula is C24H19NO6. The van der Waals surface area contributed by atoms with Crippen molar-refractivity contribution in [1.82, 2.24) is 0 Å². The summed E-state index contributed by atoms with van der Waals surface area (Å²) in [5.41, 5.74) is 2.11. The molecule has 1 heterocycles. The summed E-state index contributed by atoms with van der Waals surface area (Å²) in [6.45, 7) is 4.57. The van der Waals surface area contributed by atoms with E-state index >= 15 is 0 Å². The maximum Gasteiger partial charge on any atom is 0.342 e. The predicted molar refractivity (Wildman–Crippen MR) is 112 cm³/mol. The van der Waals surface area contributed by atoms with Gasteiger partial charge in [0.25, 0.3) is 5.91 Å². The average Bonchev–Trinajstić information content (AvgIpc) is 3.01. The van der Waals surface area contributed by atoms with E-state index in [0.717, 1.165) is 0 Å². The van der Waals surface area contributed by atoms with Crippen LogP contribution in [0.4, 0.5) is 5.69 Å². The summed E-state index contributed by atoms with van der Waals surface area (Å²) >= 11 is 0. The van der Waals surface area contributed by atoms with Crippen molar-refractivity contribution in [1.29, 1.82) is 0 Å². The number of anilines is 1. The molecule has 1 N–H and O–H groups in total. The lowest BCUT2D eigenvalue weighted by Crippen LogP contribution is -2.26. The van der Waals surface area contributed by atoms with Crippen molar-refractivity contribution in [2.75, 3.05) is 11.9 Å². The fourth-order valence-corrected chi connectivity index (χ4v) is 3.73. The summed E-state index contributed by atoms with van der Waals surface area (Å²) in [6.07, 6.45) is 0. The maximum atomic E-state index is 13.0. The Labute approximate surface area is 178 Å². The average molecular weight is 417 g/mol. The Bertz CT molecular complexity index is 1270. The molecule has 1 amide bonds. The van der Waals surface area contributed by atoms with Gasteiger partial charge >= 0.3 is 5.97 Å². The van der Waals surface area contributed by atoms with Crippen LogP contribution < -0.4 is 5.32 Å². The molecule has 2 aromatic carbocycles. The SMILES string of the molecule is Cc1oc(C)c(C(=O)OCC(=O)Nc2cccc3c2C(=O)c2ccccc2C3=O)c1C. The molecular weight excluding hydrogens is 398 g/mol. The van der Waals surface area contributed by atoms with E-state index in [4.69, 9.17) is 9.15 Å². The van der Waals surface area contributed by atoms with Crippen LogP contribution in [0.3, 0.4) is 0 Å². The number of carbonyl (C=O) groups excluding carboxylic acids is 4. The van der Waals surface area contributed by atoms with Crippen LogP contribution in [0, 0.1) is 20.8 Å². The summed E-state index contributed by atoms with van der Waals surface area (Å²) in [5.74, 6) is -0.908. The molecule has 0 aliphatic heterocycles. The Morgan fingerprint density at radius 1 is 0.871 bits per heavy atom. The first-order valence-electron chi connectivity index (χ1n) is 9.64. The maximum absolute atomic E-state index is 13.0. The second-order valence-corrected chi connectivity index (χ2v) is 7.27. The minimum absolute atomic E-state index is 0.128. The van der Waals surface area contributed by atoms with E-state index in [-0.39, 0.29) is 33.9 Å². The molecule has 0 saturated carbocycles. The Morgan fingerprint density at radius 3 is 2.16 bits per heavy atom. The van der Waals surface area contributed by atoms with Crippen molar-refractivity contribution in [3.8, 4) is 0 Å². The van der Waals surface area contributed by atoms with Gasteiger partial charge in [-0.05, 0) is 26.8 Å². The largest absolute Gasteiger partial charge is 0.465 e. The van der Waals surface area contributed by atoms with Gasteiger partial charge in [-0.25, -0.2) is 4.79 Å². The van der Waals surface area contributed by atoms with Gasteiger partial charge in [0.2, 0.25) is 0 Å². The Morgan fingerprint density at radius 2 is 1.52 bits per heavy atom. The van der Waals surface area contributed by atoms with Crippen LogP contribution in [0.1, 0.15) is 59.3 Å². The minimum Gasteiger partial charge on any atom is -0.465 e. The highest BCUT2D eigenvalue weighted by atomic mass is 16.5. The molecule has 31 heavy (non-hydrogen) atoms. The first-order valence-corrected chi connectivity index (χ1v) is 9.64. The molecule has 4 rings (SSSR count). The zero-order valence-electron chi connectivity index (χ0n) is 17.2. The molecule has 0 fully saturated rings. The van der Waals surface area contributed by atoms with E-state index in [0.29, 0.717) is 28.2 Å². The van der Waals surface area contributed by atoms with Crippen LogP contribution in [-0.2, 0) is 9.53 Å². The molecule has 7 nitrogen and oxygen atoms in total. The number of ketones is 2. The molecule has 1 aliphatic rings. The fourth-order valence-electron chi connectivity index (χ4n) is 3.73. The normalized spacial score (nSPS) is 12.2. The first kappa shape index (κ1) is 20.3. The molecule has 0 spiro atoms. The predicted octanol–water partition coefficient (Wildman–Crippen LogP) is 3.78. The monoisotopic (exact) mass is 417 g/mol. The number of hydrogen-bond acceptors (Lipinski definition) is 6. The second kappa shape index (κ2) is 7.68. The van der Waals surface area contributed by atoms with Crippen LogP contribution in [-0.4, -0.2) is 30.0 Å². The minimum atomic E-state index is -0.669. The number of benzene rings is 2. The van der Waals surface area contributed by atoms with E-state index < -0.39 is 18.5 Å². The third-order valence-electron chi connectivity index (χ3n) is 5.33. The van der Waals surface area contributed by atoms with Crippen molar-refractivity contribution >= 4 is 29.1 Å². The van der Waals surface area contributed by atoms with Crippen molar-refractivity contribution in [2.45, 2.75) is 20.8 Å². The molecule has 0 unspecified atom stereocenters. The summed E-state index contributed by atoms with van der Waals surface area (Å²) in [4.78, 5) is 50.6. The van der Waals surface area contributed by atoms with Crippen molar-refractivity contribution in [2.24, 2.45) is 0 Å². The van der Waals surface area contributed by atoms with E-state index in [2.05, 4.69) is 5.32 Å². The van der Waals surface area contributed by atoms with E-state index in [1.54, 1.807) is 57.2 Å². The van der Waals surface area contributed by atoms with Crippen LogP contribution >= 0.6 is 0 Å². The van der Waals surface area contributed by atoms with Crippen LogP contribution in [0.2, 0.25) is 0 Å². The van der Waals surface area contributed by atoms with Gasteiger partial charge in [0.15, 0.2) is 18.2 Å². The Kier molecular flexibility index (Phi) is 5.02. The standard InChI is InChI=1S/C24H19NO6/c1-12-13(2)31-14(3)20(12)24(29)30-11-19(26)25-18-10-6-9-17-21(18)23(28)16-8-5-4-7-15(16)22(17)27/h4-10H,11H2,1-3H3,(H,25,26). The van der Waals surface area contributed by atoms with Crippen molar-refractivity contribution in [3.63, 3.8) is 0 Å². The van der Waals surface area contributed by atoms with Gasteiger partial charge in [-0.3, -0.25) is 14.4 Å². The Hall–Kier alpha value is -4.00. The van der Waals surface area contributed by atoms with Gasteiger partial charge in [0.05, 0.1) is 11.3 Å². The second-order valence-electron chi connectivity index (χ2n) is 7.27. The number of carbonyl (C=O) groups is 4. The molecule has 0 saturated heterocycles. The zero-order chi connectivity index (χ0) is 22.3. The molecule has 3 aromatic rings. The lowest BCUT2D eigenvalue weighted by Gasteiger charge is -2.20. The molecule has 0 atom stereocenters. The first-order chi connectivity index (χ1) is 14.8. The van der Waals surface area contributed by atoms with Gasteiger partial charge in [-0.2, -0.15) is 0 Å². The van der Waals surface area contributed by atoms with Crippen LogP contribution in [0.25, 0.3) is 0 Å². The van der Waals surface area contributed by atoms with Gasteiger partial charge in [-0.15, -0.1) is 0 Å². The van der Waals surface area contributed by atoms with Crippen molar-refractivity contribution < 1.29 is 28.3 Å². The van der Waals surface area contributed by atoms with Gasteiger partial charge in [0.1, 0.15) is 17.1 Å². The van der Waals surface area contributed by atoms with Crippen LogP contribution in [0.5, 0.6) is 0 Å². The summed E-state index contributed by atoms with van der Waals surface area (Å²) in [6, 6.07) is 11.2. The highest BCUT2D eigenvalue weighted by Crippen LogP contribution is 2.32. The number of nitrogens with one attached hydrogen (secondary N) is 1. The summed E-state index contributed by atoms with van der Waals surface area (Å²) in [5, 5.41) is 2.58.